The fraction of sp³-hybridized carbons (Fsp3) is 0.308. The fourth-order valence-corrected chi connectivity index (χ4v) is 1.76. The third kappa shape index (κ3) is 3.22. The summed E-state index contributed by atoms with van der Waals surface area (Å²) in [5.41, 5.74) is 14.1. The number of carbonyl (C=O) groups excluding carboxylic acids is 2. The third-order valence-electron chi connectivity index (χ3n) is 2.57. The highest BCUT2D eigenvalue weighted by atomic mass is 16.6. The van der Waals surface area contributed by atoms with E-state index in [9.17, 15) is 9.59 Å². The van der Waals surface area contributed by atoms with Gasteiger partial charge in [0.05, 0.1) is 11.0 Å². The Bertz CT molecular complexity index is 714. The van der Waals surface area contributed by atoms with E-state index in [-0.39, 0.29) is 5.95 Å². The maximum atomic E-state index is 11.8. The molecule has 2 amide bonds. The number of nitrogens with two attached hydrogens (primary N) is 2. The molecule has 112 valence electrons. The SMILES string of the molecule is CC(C)(C)OC(=O)Nn1c(N)nc2cc(C(N)=O)ccc21. The number of nitrogens with one attached hydrogen (secondary N) is 1. The number of hydrogen-bond donors (Lipinski definition) is 3. The molecule has 0 atom stereocenters. The second-order valence-corrected chi connectivity index (χ2v) is 5.49. The summed E-state index contributed by atoms with van der Waals surface area (Å²) in [5.74, 6) is -0.498. The highest BCUT2D eigenvalue weighted by molar-refractivity contribution is 5.97. The first kappa shape index (κ1) is 14.6. The minimum atomic E-state index is -0.660. The monoisotopic (exact) mass is 291 g/mol. The molecule has 8 heteroatoms. The Labute approximate surface area is 121 Å². The van der Waals surface area contributed by atoms with Gasteiger partial charge in [0.1, 0.15) is 5.60 Å². The number of nitrogen functional groups attached to an aromatic ring is 1. The molecule has 8 nitrogen and oxygen atoms in total. The molecule has 2 rings (SSSR count). The summed E-state index contributed by atoms with van der Waals surface area (Å²) in [6.07, 6.45) is -0.660. The molecule has 1 aromatic heterocycles. The van der Waals surface area contributed by atoms with Crippen LogP contribution in [0.3, 0.4) is 0 Å². The molecule has 0 aliphatic carbocycles. The molecule has 1 heterocycles. The van der Waals surface area contributed by atoms with E-state index >= 15 is 0 Å². The van der Waals surface area contributed by atoms with Crippen molar-refractivity contribution in [3.05, 3.63) is 23.8 Å². The number of benzene rings is 1. The molecule has 0 spiro atoms. The van der Waals surface area contributed by atoms with Gasteiger partial charge in [0.15, 0.2) is 0 Å². The second-order valence-electron chi connectivity index (χ2n) is 5.49. The van der Waals surface area contributed by atoms with Gasteiger partial charge in [-0.25, -0.2) is 19.9 Å². The molecule has 1 aromatic carbocycles. The van der Waals surface area contributed by atoms with Crippen LogP contribution in [0.2, 0.25) is 0 Å². The van der Waals surface area contributed by atoms with Crippen molar-refractivity contribution < 1.29 is 14.3 Å². The van der Waals surface area contributed by atoms with Crippen LogP contribution in [0.1, 0.15) is 31.1 Å². The van der Waals surface area contributed by atoms with Crippen molar-refractivity contribution in [2.45, 2.75) is 26.4 Å². The number of primary amides is 1. The number of fused-ring (bicyclic) bond motifs is 1. The second kappa shape index (κ2) is 4.97. The lowest BCUT2D eigenvalue weighted by Gasteiger charge is -2.20. The van der Waals surface area contributed by atoms with Crippen molar-refractivity contribution in [2.24, 2.45) is 5.73 Å². The third-order valence-corrected chi connectivity index (χ3v) is 2.57. The zero-order valence-electron chi connectivity index (χ0n) is 12.0. The Kier molecular flexibility index (Phi) is 3.46. The average Bonchev–Trinajstić information content (AvgIpc) is 2.62. The van der Waals surface area contributed by atoms with Gasteiger partial charge in [-0.2, -0.15) is 0 Å². The van der Waals surface area contributed by atoms with E-state index in [2.05, 4.69) is 10.4 Å². The first-order valence-corrected chi connectivity index (χ1v) is 6.25. The number of imidazole rings is 1. The van der Waals surface area contributed by atoms with Crippen molar-refractivity contribution in [2.75, 3.05) is 11.2 Å². The van der Waals surface area contributed by atoms with Gasteiger partial charge in [0.2, 0.25) is 11.9 Å². The van der Waals surface area contributed by atoms with E-state index in [1.54, 1.807) is 26.8 Å². The van der Waals surface area contributed by atoms with Gasteiger partial charge in [-0.1, -0.05) is 0 Å². The Hall–Kier alpha value is -2.77. The van der Waals surface area contributed by atoms with Crippen LogP contribution in [0, 0.1) is 0 Å². The van der Waals surface area contributed by atoms with Crippen molar-refractivity contribution in [1.29, 1.82) is 0 Å². The lowest BCUT2D eigenvalue weighted by molar-refractivity contribution is 0.0614. The summed E-state index contributed by atoms with van der Waals surface area (Å²) >= 11 is 0. The predicted octanol–water partition coefficient (Wildman–Crippen LogP) is 1.20. The lowest BCUT2D eigenvalue weighted by atomic mass is 10.2. The highest BCUT2D eigenvalue weighted by Crippen LogP contribution is 2.18. The molecular formula is C13H17N5O3. The van der Waals surface area contributed by atoms with Gasteiger partial charge in [0.25, 0.3) is 0 Å². The van der Waals surface area contributed by atoms with E-state index in [1.807, 2.05) is 0 Å². The molecule has 5 N–H and O–H groups in total. The molecular weight excluding hydrogens is 274 g/mol. The van der Waals surface area contributed by atoms with Gasteiger partial charge >= 0.3 is 6.09 Å². The summed E-state index contributed by atoms with van der Waals surface area (Å²) in [7, 11) is 0. The van der Waals surface area contributed by atoms with E-state index in [0.29, 0.717) is 16.6 Å². The predicted molar refractivity (Wildman–Crippen MR) is 78.3 cm³/mol. The topological polar surface area (TPSA) is 125 Å². The number of anilines is 1. The van der Waals surface area contributed by atoms with E-state index in [4.69, 9.17) is 16.2 Å². The van der Waals surface area contributed by atoms with Crippen LogP contribution in [0.25, 0.3) is 11.0 Å². The molecule has 2 aromatic rings. The number of hydrogen-bond acceptors (Lipinski definition) is 5. The Morgan fingerprint density at radius 2 is 2.00 bits per heavy atom. The molecule has 0 saturated carbocycles. The van der Waals surface area contributed by atoms with E-state index in [1.165, 1.54) is 16.8 Å². The van der Waals surface area contributed by atoms with Crippen LogP contribution < -0.4 is 16.9 Å². The normalized spacial score (nSPS) is 11.4. The first-order valence-electron chi connectivity index (χ1n) is 6.25. The maximum Gasteiger partial charge on any atom is 0.427 e. The summed E-state index contributed by atoms with van der Waals surface area (Å²) in [6, 6.07) is 4.62. The lowest BCUT2D eigenvalue weighted by Crippen LogP contribution is -2.32. The molecule has 0 aliphatic rings. The highest BCUT2D eigenvalue weighted by Gasteiger charge is 2.18. The summed E-state index contributed by atoms with van der Waals surface area (Å²) in [5, 5.41) is 0. The smallest absolute Gasteiger partial charge is 0.427 e. The van der Waals surface area contributed by atoms with Gasteiger partial charge < -0.3 is 16.2 Å². The molecule has 0 unspecified atom stereocenters. The Morgan fingerprint density at radius 3 is 2.57 bits per heavy atom. The van der Waals surface area contributed by atoms with Crippen molar-refractivity contribution >= 4 is 29.0 Å². The number of ether oxygens (including phenoxy) is 1. The quantitative estimate of drug-likeness (QED) is 0.766. The molecule has 0 bridgehead atoms. The molecule has 21 heavy (non-hydrogen) atoms. The minimum absolute atomic E-state index is 0.0671. The van der Waals surface area contributed by atoms with Crippen LogP contribution in [-0.4, -0.2) is 27.3 Å². The standard InChI is InChI=1S/C13H17N5O3/c1-13(2,3)21-12(20)17-18-9-5-4-7(10(14)19)6-8(9)16-11(18)15/h4-6H,1-3H3,(H2,14,19)(H2,15,16)(H,17,20). The first-order chi connectivity index (χ1) is 9.67. The van der Waals surface area contributed by atoms with E-state index < -0.39 is 17.6 Å². The summed E-state index contributed by atoms with van der Waals surface area (Å²) in [6.45, 7) is 5.25. The van der Waals surface area contributed by atoms with Crippen LogP contribution in [0.4, 0.5) is 10.7 Å². The van der Waals surface area contributed by atoms with Crippen LogP contribution in [0.15, 0.2) is 18.2 Å². The molecule has 0 radical (unpaired) electrons. The van der Waals surface area contributed by atoms with Crippen molar-refractivity contribution in [3.8, 4) is 0 Å². The average molecular weight is 291 g/mol. The number of carbonyl (C=O) groups is 2. The number of nitrogens with zero attached hydrogens (tertiary/aromatic N) is 2. The largest absolute Gasteiger partial charge is 0.443 e. The van der Waals surface area contributed by atoms with Gasteiger partial charge in [-0.15, -0.1) is 0 Å². The fourth-order valence-electron chi connectivity index (χ4n) is 1.76. The summed E-state index contributed by atoms with van der Waals surface area (Å²) < 4.78 is 6.43. The van der Waals surface area contributed by atoms with Gasteiger partial charge in [-0.05, 0) is 39.0 Å². The minimum Gasteiger partial charge on any atom is -0.443 e. The van der Waals surface area contributed by atoms with Gasteiger partial charge in [-0.3, -0.25) is 4.79 Å². The van der Waals surface area contributed by atoms with Crippen molar-refractivity contribution in [3.63, 3.8) is 0 Å². The Balaban J connectivity index is 2.34. The van der Waals surface area contributed by atoms with Gasteiger partial charge in [0, 0.05) is 5.56 Å². The zero-order chi connectivity index (χ0) is 15.8. The van der Waals surface area contributed by atoms with Crippen LogP contribution in [-0.2, 0) is 4.74 Å². The zero-order valence-corrected chi connectivity index (χ0v) is 12.0. The van der Waals surface area contributed by atoms with Crippen LogP contribution in [0.5, 0.6) is 0 Å². The number of amides is 2. The van der Waals surface area contributed by atoms with Crippen LogP contribution >= 0.6 is 0 Å². The number of rotatable bonds is 2. The molecule has 0 saturated heterocycles. The maximum absolute atomic E-state index is 11.8. The Morgan fingerprint density at radius 1 is 1.33 bits per heavy atom. The molecule has 0 fully saturated rings. The van der Waals surface area contributed by atoms with E-state index in [0.717, 1.165) is 0 Å². The number of aromatic nitrogens is 2. The summed E-state index contributed by atoms with van der Waals surface area (Å²) in [4.78, 5) is 27.0. The van der Waals surface area contributed by atoms with Crippen molar-refractivity contribution in [1.82, 2.24) is 9.66 Å². The molecule has 0 aliphatic heterocycles.